The molecule has 0 bridgehead atoms. The Bertz CT molecular complexity index is 860. The van der Waals surface area contributed by atoms with Gasteiger partial charge < -0.3 is 5.11 Å². The third-order valence-electron chi connectivity index (χ3n) is 6.58. The molecule has 1 heterocycles. The van der Waals surface area contributed by atoms with E-state index in [9.17, 15) is 19.5 Å². The number of amides is 2. The molecule has 0 unspecified atom stereocenters. The minimum atomic E-state index is -1.33. The summed E-state index contributed by atoms with van der Waals surface area (Å²) in [7, 11) is 0. The lowest BCUT2D eigenvalue weighted by atomic mass is 9.67. The van der Waals surface area contributed by atoms with E-state index >= 15 is 0 Å². The van der Waals surface area contributed by atoms with Crippen molar-refractivity contribution in [2.45, 2.75) is 52.1 Å². The van der Waals surface area contributed by atoms with E-state index in [-0.39, 0.29) is 17.6 Å². The second-order valence-electron chi connectivity index (χ2n) is 7.97. The number of ketones is 1. The normalized spacial score (nSPS) is 29.3. The lowest BCUT2D eigenvalue weighted by Gasteiger charge is -2.39. The highest BCUT2D eigenvalue weighted by molar-refractivity contribution is 6.13. The Kier molecular flexibility index (Phi) is 3.54. The van der Waals surface area contributed by atoms with Crippen LogP contribution in [0.25, 0.3) is 0 Å². The van der Waals surface area contributed by atoms with Crippen molar-refractivity contribution in [1.82, 2.24) is 4.90 Å². The van der Waals surface area contributed by atoms with Crippen molar-refractivity contribution in [1.29, 1.82) is 0 Å². The number of carbonyl (C=O) groups excluding carboxylic acids is 3. The molecule has 0 aromatic carbocycles. The van der Waals surface area contributed by atoms with Crippen LogP contribution in [0.1, 0.15) is 46.5 Å². The maximum Gasteiger partial charge on any atom is 0.253 e. The molecule has 1 fully saturated rings. The number of hydrogen-bond acceptors (Lipinski definition) is 4. The average molecular weight is 353 g/mol. The molecule has 4 aliphatic rings. The summed E-state index contributed by atoms with van der Waals surface area (Å²) in [5.74, 6) is -0.705. The SMILES string of the molecule is CC1=C(CCCN2C(=O)C=CC2=O)C2=C(C)C3(CC3)[C@@](C)(O)C(=O)C2=C1. The van der Waals surface area contributed by atoms with E-state index in [1.54, 1.807) is 6.92 Å². The van der Waals surface area contributed by atoms with Gasteiger partial charge in [-0.1, -0.05) is 5.57 Å². The first-order valence-electron chi connectivity index (χ1n) is 9.15. The number of imide groups is 1. The molecule has 1 N–H and O–H groups in total. The molecule has 1 saturated carbocycles. The van der Waals surface area contributed by atoms with Crippen LogP contribution in [0.15, 0.2) is 46.1 Å². The molecule has 4 rings (SSSR count). The number of carbonyl (C=O) groups is 3. The fourth-order valence-corrected chi connectivity index (χ4v) is 4.80. The summed E-state index contributed by atoms with van der Waals surface area (Å²) in [5.41, 5.74) is 3.11. The second kappa shape index (κ2) is 5.36. The fraction of sp³-hybridized carbons (Fsp3) is 0.476. The summed E-state index contributed by atoms with van der Waals surface area (Å²) >= 11 is 0. The predicted octanol–water partition coefficient (Wildman–Crippen LogP) is 2.38. The topological polar surface area (TPSA) is 74.7 Å². The molecule has 136 valence electrons. The lowest BCUT2D eigenvalue weighted by molar-refractivity contribution is -0.138. The molecule has 0 radical (unpaired) electrons. The van der Waals surface area contributed by atoms with Gasteiger partial charge in [-0.25, -0.2) is 0 Å². The van der Waals surface area contributed by atoms with E-state index < -0.39 is 11.0 Å². The third kappa shape index (κ3) is 2.10. The third-order valence-corrected chi connectivity index (χ3v) is 6.58. The first kappa shape index (κ1) is 17.2. The molecule has 0 saturated heterocycles. The number of nitrogens with zero attached hydrogens (tertiary/aromatic N) is 1. The summed E-state index contributed by atoms with van der Waals surface area (Å²) in [6.45, 7) is 6.04. The van der Waals surface area contributed by atoms with Gasteiger partial charge in [0, 0.05) is 29.7 Å². The van der Waals surface area contributed by atoms with Gasteiger partial charge in [-0.15, -0.1) is 0 Å². The molecule has 0 aromatic rings. The first-order valence-corrected chi connectivity index (χ1v) is 9.15. The van der Waals surface area contributed by atoms with Crippen LogP contribution in [0.5, 0.6) is 0 Å². The number of fused-ring (bicyclic) bond motifs is 1. The molecular formula is C21H23NO4. The summed E-state index contributed by atoms with van der Waals surface area (Å²) < 4.78 is 0. The highest BCUT2D eigenvalue weighted by Gasteiger charge is 2.64. The highest BCUT2D eigenvalue weighted by Crippen LogP contribution is 2.65. The fourth-order valence-electron chi connectivity index (χ4n) is 4.80. The molecule has 26 heavy (non-hydrogen) atoms. The van der Waals surface area contributed by atoms with E-state index in [0.717, 1.165) is 35.1 Å². The monoisotopic (exact) mass is 353 g/mol. The number of allylic oxidation sites excluding steroid dienone is 4. The van der Waals surface area contributed by atoms with E-state index in [4.69, 9.17) is 0 Å². The van der Waals surface area contributed by atoms with Crippen LogP contribution < -0.4 is 0 Å². The van der Waals surface area contributed by atoms with Crippen molar-refractivity contribution in [3.63, 3.8) is 0 Å². The van der Waals surface area contributed by atoms with Gasteiger partial charge in [0.15, 0.2) is 5.78 Å². The van der Waals surface area contributed by atoms with Crippen molar-refractivity contribution >= 4 is 17.6 Å². The average Bonchev–Trinajstić information content (AvgIpc) is 3.27. The minimum Gasteiger partial charge on any atom is -0.381 e. The molecule has 5 nitrogen and oxygen atoms in total. The molecule has 1 atom stereocenters. The summed E-state index contributed by atoms with van der Waals surface area (Å²) in [4.78, 5) is 37.5. The van der Waals surface area contributed by atoms with Gasteiger partial charge >= 0.3 is 0 Å². The minimum absolute atomic E-state index is 0.181. The van der Waals surface area contributed by atoms with E-state index in [0.29, 0.717) is 25.0 Å². The lowest BCUT2D eigenvalue weighted by Crippen LogP contribution is -2.49. The number of aliphatic hydroxyl groups is 1. The zero-order valence-electron chi connectivity index (χ0n) is 15.4. The molecule has 1 spiro atoms. The Morgan fingerprint density at radius 1 is 1.12 bits per heavy atom. The second-order valence-corrected chi connectivity index (χ2v) is 7.97. The maximum absolute atomic E-state index is 12.9. The van der Waals surface area contributed by atoms with Crippen molar-refractivity contribution in [2.24, 2.45) is 5.41 Å². The quantitative estimate of drug-likeness (QED) is 0.788. The Balaban J connectivity index is 1.57. The van der Waals surface area contributed by atoms with Crippen molar-refractivity contribution in [2.75, 3.05) is 6.54 Å². The maximum atomic E-state index is 12.9. The zero-order chi connectivity index (χ0) is 18.9. The number of rotatable bonds is 4. The smallest absolute Gasteiger partial charge is 0.253 e. The zero-order valence-corrected chi connectivity index (χ0v) is 15.4. The van der Waals surface area contributed by atoms with Gasteiger partial charge in [-0.2, -0.15) is 0 Å². The van der Waals surface area contributed by atoms with Crippen molar-refractivity contribution in [3.05, 3.63) is 46.1 Å². The molecule has 0 aromatic heterocycles. The van der Waals surface area contributed by atoms with Gasteiger partial charge in [0.05, 0.1) is 0 Å². The standard InChI is InChI=1S/C21H23NO4/c1-12-11-15-18(13(2)21(8-9-21)20(3,26)19(15)25)14(12)5-4-10-22-16(23)6-7-17(22)24/h6-7,11,26H,4-5,8-10H2,1-3H3/t20-/m0/s1. The van der Waals surface area contributed by atoms with Crippen molar-refractivity contribution < 1.29 is 19.5 Å². The van der Waals surface area contributed by atoms with E-state index in [2.05, 4.69) is 0 Å². The Hall–Kier alpha value is -2.27. The van der Waals surface area contributed by atoms with Gasteiger partial charge in [-0.05, 0) is 69.2 Å². The van der Waals surface area contributed by atoms with E-state index in [1.807, 2.05) is 19.9 Å². The van der Waals surface area contributed by atoms with Gasteiger partial charge in [0.2, 0.25) is 0 Å². The number of Topliss-reactive ketones (excluding diaryl/α,β-unsaturated/α-hetero) is 1. The molecule has 2 amide bonds. The largest absolute Gasteiger partial charge is 0.381 e. The molecule has 1 aliphatic heterocycles. The number of hydrogen-bond donors (Lipinski definition) is 1. The predicted molar refractivity (Wildman–Crippen MR) is 95.9 cm³/mol. The van der Waals surface area contributed by atoms with Crippen LogP contribution in [0.3, 0.4) is 0 Å². The molecular weight excluding hydrogens is 330 g/mol. The van der Waals surface area contributed by atoms with Crippen molar-refractivity contribution in [3.8, 4) is 0 Å². The first-order chi connectivity index (χ1) is 12.2. The van der Waals surface area contributed by atoms with Crippen LogP contribution in [0.4, 0.5) is 0 Å². The highest BCUT2D eigenvalue weighted by atomic mass is 16.3. The van der Waals surface area contributed by atoms with Crippen LogP contribution in [-0.2, 0) is 14.4 Å². The molecule has 3 aliphatic carbocycles. The van der Waals surface area contributed by atoms with Crippen LogP contribution in [0, 0.1) is 5.41 Å². The summed E-state index contributed by atoms with van der Waals surface area (Å²) in [6, 6.07) is 0. The van der Waals surface area contributed by atoms with Crippen LogP contribution >= 0.6 is 0 Å². The van der Waals surface area contributed by atoms with Gasteiger partial charge in [0.25, 0.3) is 11.8 Å². The van der Waals surface area contributed by atoms with Crippen LogP contribution in [0.2, 0.25) is 0 Å². The Labute approximate surface area is 152 Å². The van der Waals surface area contributed by atoms with Gasteiger partial charge in [0.1, 0.15) is 5.60 Å². The van der Waals surface area contributed by atoms with Gasteiger partial charge in [-0.3, -0.25) is 19.3 Å². The molecule has 5 heteroatoms. The van der Waals surface area contributed by atoms with Crippen LogP contribution in [-0.4, -0.2) is 39.7 Å². The summed E-state index contributed by atoms with van der Waals surface area (Å²) in [6.07, 6.45) is 7.50. The van der Waals surface area contributed by atoms with E-state index in [1.165, 1.54) is 17.1 Å². The summed E-state index contributed by atoms with van der Waals surface area (Å²) in [5, 5.41) is 10.9. The Morgan fingerprint density at radius 2 is 1.73 bits per heavy atom. The Morgan fingerprint density at radius 3 is 2.31 bits per heavy atom.